The highest BCUT2D eigenvalue weighted by atomic mass is 32.2. The highest BCUT2D eigenvalue weighted by Crippen LogP contribution is 2.27. The van der Waals surface area contributed by atoms with Gasteiger partial charge >= 0.3 is 0 Å². The SMILES string of the molecule is CCS(=O)(=O)c1ccccc1-c1nc2cc(C)cnc2[nH]1. The molecule has 0 saturated heterocycles. The third kappa shape index (κ3) is 2.42. The first-order valence-corrected chi connectivity index (χ1v) is 8.31. The van der Waals surface area contributed by atoms with Crippen LogP contribution in [0.4, 0.5) is 0 Å². The van der Waals surface area contributed by atoms with Crippen molar-refractivity contribution in [2.24, 2.45) is 0 Å². The van der Waals surface area contributed by atoms with E-state index in [0.29, 0.717) is 21.9 Å². The molecule has 5 nitrogen and oxygen atoms in total. The Bertz CT molecular complexity index is 914. The van der Waals surface area contributed by atoms with Crippen LogP contribution < -0.4 is 0 Å². The molecule has 2 aromatic heterocycles. The molecule has 6 heteroatoms. The Balaban J connectivity index is 2.24. The Labute approximate surface area is 123 Å². The maximum absolute atomic E-state index is 12.2. The van der Waals surface area contributed by atoms with E-state index in [1.807, 2.05) is 13.0 Å². The van der Waals surface area contributed by atoms with Crippen molar-refractivity contribution < 1.29 is 8.42 Å². The van der Waals surface area contributed by atoms with Crippen molar-refractivity contribution in [2.45, 2.75) is 18.7 Å². The second kappa shape index (κ2) is 4.96. The summed E-state index contributed by atoms with van der Waals surface area (Å²) < 4.78 is 24.4. The lowest BCUT2D eigenvalue weighted by Crippen LogP contribution is -2.05. The first kappa shape index (κ1) is 13.8. The minimum absolute atomic E-state index is 0.0571. The minimum atomic E-state index is -3.30. The quantitative estimate of drug-likeness (QED) is 0.807. The molecule has 3 rings (SSSR count). The molecule has 108 valence electrons. The van der Waals surface area contributed by atoms with Crippen molar-refractivity contribution in [3.8, 4) is 11.4 Å². The number of nitrogens with one attached hydrogen (secondary N) is 1. The van der Waals surface area contributed by atoms with Crippen LogP contribution in [0.15, 0.2) is 41.4 Å². The molecule has 21 heavy (non-hydrogen) atoms. The Kier molecular flexibility index (Phi) is 3.25. The lowest BCUT2D eigenvalue weighted by molar-refractivity contribution is 0.597. The molecule has 0 saturated carbocycles. The second-order valence-electron chi connectivity index (χ2n) is 4.87. The molecule has 2 heterocycles. The molecule has 0 fully saturated rings. The zero-order valence-corrected chi connectivity index (χ0v) is 12.6. The summed E-state index contributed by atoms with van der Waals surface area (Å²) in [7, 11) is -3.30. The van der Waals surface area contributed by atoms with Gasteiger partial charge in [0.25, 0.3) is 0 Å². The summed E-state index contributed by atoms with van der Waals surface area (Å²) in [5.74, 6) is 0.581. The number of benzene rings is 1. The maximum Gasteiger partial charge on any atom is 0.178 e. The van der Waals surface area contributed by atoms with Crippen molar-refractivity contribution in [2.75, 3.05) is 5.75 Å². The first-order chi connectivity index (χ1) is 10.0. The topological polar surface area (TPSA) is 75.7 Å². The molecule has 0 unspecified atom stereocenters. The largest absolute Gasteiger partial charge is 0.323 e. The van der Waals surface area contributed by atoms with Crippen molar-refractivity contribution in [3.05, 3.63) is 42.1 Å². The van der Waals surface area contributed by atoms with Crippen molar-refractivity contribution >= 4 is 21.0 Å². The van der Waals surface area contributed by atoms with Gasteiger partial charge in [-0.05, 0) is 30.7 Å². The number of aromatic amines is 1. The predicted molar refractivity (Wildman–Crippen MR) is 81.8 cm³/mol. The van der Waals surface area contributed by atoms with E-state index in [4.69, 9.17) is 0 Å². The Hall–Kier alpha value is -2.21. The second-order valence-corrected chi connectivity index (χ2v) is 7.11. The van der Waals surface area contributed by atoms with Gasteiger partial charge in [-0.2, -0.15) is 0 Å². The average molecular weight is 301 g/mol. The van der Waals surface area contributed by atoms with Gasteiger partial charge in [-0.1, -0.05) is 19.1 Å². The summed E-state index contributed by atoms with van der Waals surface area (Å²) in [6, 6.07) is 8.80. The summed E-state index contributed by atoms with van der Waals surface area (Å²) in [4.78, 5) is 12.1. The first-order valence-electron chi connectivity index (χ1n) is 6.66. The van der Waals surface area contributed by atoms with Gasteiger partial charge < -0.3 is 4.98 Å². The Morgan fingerprint density at radius 1 is 1.24 bits per heavy atom. The minimum Gasteiger partial charge on any atom is -0.323 e. The van der Waals surface area contributed by atoms with E-state index in [1.54, 1.807) is 37.4 Å². The number of sulfone groups is 1. The van der Waals surface area contributed by atoms with Crippen LogP contribution in [0, 0.1) is 6.92 Å². The maximum atomic E-state index is 12.2. The number of aryl methyl sites for hydroxylation is 1. The zero-order valence-electron chi connectivity index (χ0n) is 11.8. The summed E-state index contributed by atoms with van der Waals surface area (Å²) >= 11 is 0. The Morgan fingerprint density at radius 2 is 2.00 bits per heavy atom. The van der Waals surface area contributed by atoms with Gasteiger partial charge in [0.15, 0.2) is 15.5 Å². The number of rotatable bonds is 3. The van der Waals surface area contributed by atoms with E-state index >= 15 is 0 Å². The van der Waals surface area contributed by atoms with Crippen LogP contribution in [-0.2, 0) is 9.84 Å². The molecule has 3 aromatic rings. The molecule has 0 atom stereocenters. The van der Waals surface area contributed by atoms with Crippen LogP contribution >= 0.6 is 0 Å². The van der Waals surface area contributed by atoms with Gasteiger partial charge in [0.05, 0.1) is 10.6 Å². The van der Waals surface area contributed by atoms with E-state index in [9.17, 15) is 8.42 Å². The van der Waals surface area contributed by atoms with Crippen LogP contribution in [0.25, 0.3) is 22.6 Å². The van der Waals surface area contributed by atoms with E-state index in [2.05, 4.69) is 15.0 Å². The lowest BCUT2D eigenvalue weighted by atomic mass is 10.2. The lowest BCUT2D eigenvalue weighted by Gasteiger charge is -2.06. The number of pyridine rings is 1. The van der Waals surface area contributed by atoms with Crippen molar-refractivity contribution in [3.63, 3.8) is 0 Å². The smallest absolute Gasteiger partial charge is 0.178 e. The molecular formula is C15H15N3O2S. The monoisotopic (exact) mass is 301 g/mol. The van der Waals surface area contributed by atoms with Gasteiger partial charge in [-0.3, -0.25) is 0 Å². The van der Waals surface area contributed by atoms with E-state index < -0.39 is 9.84 Å². The Morgan fingerprint density at radius 3 is 2.76 bits per heavy atom. The third-order valence-electron chi connectivity index (χ3n) is 3.33. The van der Waals surface area contributed by atoms with E-state index in [0.717, 1.165) is 11.1 Å². The van der Waals surface area contributed by atoms with Crippen LogP contribution in [0.1, 0.15) is 12.5 Å². The summed E-state index contributed by atoms with van der Waals surface area (Å²) in [6.07, 6.45) is 1.75. The molecule has 0 radical (unpaired) electrons. The highest BCUT2D eigenvalue weighted by Gasteiger charge is 2.19. The average Bonchev–Trinajstić information content (AvgIpc) is 2.90. The molecule has 0 amide bonds. The fraction of sp³-hybridized carbons (Fsp3) is 0.200. The number of imidazole rings is 1. The van der Waals surface area contributed by atoms with E-state index in [-0.39, 0.29) is 5.75 Å². The highest BCUT2D eigenvalue weighted by molar-refractivity contribution is 7.91. The molecular weight excluding hydrogens is 286 g/mol. The number of H-pyrrole nitrogens is 1. The van der Waals surface area contributed by atoms with E-state index in [1.165, 1.54) is 0 Å². The molecule has 1 aromatic carbocycles. The van der Waals surface area contributed by atoms with Crippen LogP contribution in [0.3, 0.4) is 0 Å². The van der Waals surface area contributed by atoms with Crippen LogP contribution in [-0.4, -0.2) is 29.1 Å². The predicted octanol–water partition coefficient (Wildman–Crippen LogP) is 2.73. The number of hydrogen-bond acceptors (Lipinski definition) is 4. The molecule has 0 aliphatic carbocycles. The van der Waals surface area contributed by atoms with Crippen molar-refractivity contribution in [1.29, 1.82) is 0 Å². The van der Waals surface area contributed by atoms with Gasteiger partial charge in [0.1, 0.15) is 11.3 Å². The zero-order chi connectivity index (χ0) is 15.0. The molecule has 1 N–H and O–H groups in total. The number of fused-ring (bicyclic) bond motifs is 1. The fourth-order valence-electron chi connectivity index (χ4n) is 2.21. The van der Waals surface area contributed by atoms with Crippen LogP contribution in [0.2, 0.25) is 0 Å². The molecule has 0 spiro atoms. The molecule has 0 aliphatic heterocycles. The van der Waals surface area contributed by atoms with Crippen molar-refractivity contribution in [1.82, 2.24) is 15.0 Å². The number of aromatic nitrogens is 3. The standard InChI is InChI=1S/C15H15N3O2S/c1-3-21(19,20)13-7-5-4-6-11(13)14-17-12-8-10(2)9-16-15(12)18-14/h4-9H,3H2,1-2H3,(H,16,17,18). The summed E-state index contributed by atoms with van der Waals surface area (Å²) in [5.41, 5.74) is 2.97. The van der Waals surface area contributed by atoms with Gasteiger partial charge in [0.2, 0.25) is 0 Å². The normalized spacial score (nSPS) is 11.9. The van der Waals surface area contributed by atoms with Crippen LogP contribution in [0.5, 0.6) is 0 Å². The number of hydrogen-bond donors (Lipinski definition) is 1. The van der Waals surface area contributed by atoms with Gasteiger partial charge in [-0.25, -0.2) is 18.4 Å². The van der Waals surface area contributed by atoms with Gasteiger partial charge in [-0.15, -0.1) is 0 Å². The number of nitrogens with zero attached hydrogens (tertiary/aromatic N) is 2. The van der Waals surface area contributed by atoms with Gasteiger partial charge in [0, 0.05) is 11.8 Å². The summed E-state index contributed by atoms with van der Waals surface area (Å²) in [6.45, 7) is 3.58. The third-order valence-corrected chi connectivity index (χ3v) is 5.12. The molecule has 0 aliphatic rings. The summed E-state index contributed by atoms with van der Waals surface area (Å²) in [5, 5.41) is 0. The molecule has 0 bridgehead atoms. The fourth-order valence-corrected chi connectivity index (χ4v) is 3.31.